The summed E-state index contributed by atoms with van der Waals surface area (Å²) in [4.78, 5) is 4.40. The van der Waals surface area contributed by atoms with Gasteiger partial charge in [0.15, 0.2) is 0 Å². The van der Waals surface area contributed by atoms with Crippen LogP contribution in [-0.4, -0.2) is 4.98 Å². The lowest BCUT2D eigenvalue weighted by Gasteiger charge is -2.29. The minimum Gasteiger partial charge on any atom is -0.321 e. The summed E-state index contributed by atoms with van der Waals surface area (Å²) in [6.45, 7) is 6.69. The molecule has 1 aliphatic rings. The molecular formula is C16H26N2. The van der Waals surface area contributed by atoms with Crippen LogP contribution in [0.1, 0.15) is 57.2 Å². The Morgan fingerprint density at radius 3 is 2.67 bits per heavy atom. The standard InChI is InChI=1S/C16H26N2/c1-12(2)14-5-4-9-16(17,10-8-14)15-7-6-13(3)18-11-15/h6-7,11-12,14H,4-5,8-10,17H2,1-3H3. The van der Waals surface area contributed by atoms with Gasteiger partial charge < -0.3 is 5.73 Å². The van der Waals surface area contributed by atoms with E-state index in [2.05, 4.69) is 31.0 Å². The summed E-state index contributed by atoms with van der Waals surface area (Å²) in [6, 6.07) is 4.24. The number of pyridine rings is 1. The van der Waals surface area contributed by atoms with Gasteiger partial charge in [-0.05, 0) is 49.7 Å². The van der Waals surface area contributed by atoms with E-state index in [4.69, 9.17) is 5.73 Å². The van der Waals surface area contributed by atoms with Gasteiger partial charge in [-0.2, -0.15) is 0 Å². The largest absolute Gasteiger partial charge is 0.321 e. The molecule has 0 aliphatic heterocycles. The fourth-order valence-electron chi connectivity index (χ4n) is 3.11. The van der Waals surface area contributed by atoms with Gasteiger partial charge in [0.25, 0.3) is 0 Å². The minimum absolute atomic E-state index is 0.148. The van der Waals surface area contributed by atoms with Gasteiger partial charge in [-0.3, -0.25) is 4.98 Å². The van der Waals surface area contributed by atoms with Crippen molar-refractivity contribution >= 4 is 0 Å². The van der Waals surface area contributed by atoms with Gasteiger partial charge in [-0.1, -0.05) is 32.8 Å². The molecule has 1 aromatic heterocycles. The van der Waals surface area contributed by atoms with E-state index < -0.39 is 0 Å². The Balaban J connectivity index is 2.14. The smallest absolute Gasteiger partial charge is 0.0425 e. The van der Waals surface area contributed by atoms with Crippen molar-refractivity contribution in [3.63, 3.8) is 0 Å². The van der Waals surface area contributed by atoms with Crippen LogP contribution in [0.4, 0.5) is 0 Å². The van der Waals surface area contributed by atoms with Gasteiger partial charge in [0.1, 0.15) is 0 Å². The Kier molecular flexibility index (Phi) is 4.06. The van der Waals surface area contributed by atoms with E-state index in [0.717, 1.165) is 30.4 Å². The van der Waals surface area contributed by atoms with E-state index in [1.807, 2.05) is 13.1 Å². The quantitative estimate of drug-likeness (QED) is 0.807. The highest BCUT2D eigenvalue weighted by molar-refractivity contribution is 5.22. The molecule has 0 aromatic carbocycles. The fraction of sp³-hybridized carbons (Fsp3) is 0.688. The van der Waals surface area contributed by atoms with Crippen molar-refractivity contribution in [3.8, 4) is 0 Å². The van der Waals surface area contributed by atoms with E-state index in [-0.39, 0.29) is 5.54 Å². The minimum atomic E-state index is -0.148. The zero-order valence-electron chi connectivity index (χ0n) is 11.9. The van der Waals surface area contributed by atoms with Gasteiger partial charge in [0.2, 0.25) is 0 Å². The SMILES string of the molecule is Cc1ccc(C2(N)CCCC(C(C)C)CC2)cn1. The van der Waals surface area contributed by atoms with Crippen molar-refractivity contribution in [3.05, 3.63) is 29.6 Å². The average Bonchev–Trinajstić information content (AvgIpc) is 2.53. The number of hydrogen-bond donors (Lipinski definition) is 1. The topological polar surface area (TPSA) is 38.9 Å². The lowest BCUT2D eigenvalue weighted by Crippen LogP contribution is -2.36. The highest BCUT2D eigenvalue weighted by Crippen LogP contribution is 2.37. The predicted octanol–water partition coefficient (Wildman–Crippen LogP) is 3.78. The van der Waals surface area contributed by atoms with Crippen LogP contribution in [0, 0.1) is 18.8 Å². The van der Waals surface area contributed by atoms with Crippen LogP contribution in [-0.2, 0) is 5.54 Å². The summed E-state index contributed by atoms with van der Waals surface area (Å²) in [7, 11) is 0. The monoisotopic (exact) mass is 246 g/mol. The maximum absolute atomic E-state index is 6.65. The van der Waals surface area contributed by atoms with Crippen LogP contribution in [0.3, 0.4) is 0 Å². The number of hydrogen-bond acceptors (Lipinski definition) is 2. The third kappa shape index (κ3) is 2.92. The van der Waals surface area contributed by atoms with Crippen molar-refractivity contribution in [2.75, 3.05) is 0 Å². The van der Waals surface area contributed by atoms with Crippen LogP contribution < -0.4 is 5.73 Å². The van der Waals surface area contributed by atoms with Crippen LogP contribution in [0.2, 0.25) is 0 Å². The first kappa shape index (κ1) is 13.5. The fourth-order valence-corrected chi connectivity index (χ4v) is 3.11. The second-order valence-corrected chi connectivity index (χ2v) is 6.28. The number of aromatic nitrogens is 1. The van der Waals surface area contributed by atoms with Crippen molar-refractivity contribution in [1.29, 1.82) is 0 Å². The van der Waals surface area contributed by atoms with Crippen molar-refractivity contribution in [2.24, 2.45) is 17.6 Å². The molecule has 100 valence electrons. The highest BCUT2D eigenvalue weighted by atomic mass is 14.8. The van der Waals surface area contributed by atoms with Crippen molar-refractivity contribution in [1.82, 2.24) is 4.98 Å². The molecule has 1 aliphatic carbocycles. The molecule has 0 spiro atoms. The lowest BCUT2D eigenvalue weighted by molar-refractivity contribution is 0.325. The first-order valence-electron chi connectivity index (χ1n) is 7.23. The van der Waals surface area contributed by atoms with Crippen LogP contribution in [0.15, 0.2) is 18.3 Å². The van der Waals surface area contributed by atoms with E-state index in [1.54, 1.807) is 0 Å². The Morgan fingerprint density at radius 1 is 1.28 bits per heavy atom. The molecule has 0 radical (unpaired) electrons. The number of aryl methyl sites for hydroxylation is 1. The van der Waals surface area contributed by atoms with Gasteiger partial charge in [0, 0.05) is 17.4 Å². The molecule has 2 unspecified atom stereocenters. The number of nitrogens with zero attached hydrogens (tertiary/aromatic N) is 1. The molecule has 2 rings (SSSR count). The summed E-state index contributed by atoms with van der Waals surface area (Å²) in [6.07, 6.45) is 8.00. The normalized spacial score (nSPS) is 29.3. The molecule has 0 bridgehead atoms. The van der Waals surface area contributed by atoms with Crippen LogP contribution in [0.5, 0.6) is 0 Å². The summed E-state index contributed by atoms with van der Waals surface area (Å²) < 4.78 is 0. The van der Waals surface area contributed by atoms with Crippen LogP contribution in [0.25, 0.3) is 0 Å². The molecule has 2 N–H and O–H groups in total. The number of rotatable bonds is 2. The first-order valence-corrected chi connectivity index (χ1v) is 7.23. The van der Waals surface area contributed by atoms with Gasteiger partial charge in [-0.25, -0.2) is 0 Å². The third-order valence-electron chi connectivity index (χ3n) is 4.59. The zero-order chi connectivity index (χ0) is 13.2. The first-order chi connectivity index (χ1) is 8.51. The highest BCUT2D eigenvalue weighted by Gasteiger charge is 2.31. The summed E-state index contributed by atoms with van der Waals surface area (Å²) >= 11 is 0. The maximum Gasteiger partial charge on any atom is 0.0425 e. The molecule has 0 saturated heterocycles. The third-order valence-corrected chi connectivity index (χ3v) is 4.59. The summed E-state index contributed by atoms with van der Waals surface area (Å²) in [5, 5.41) is 0. The molecule has 1 fully saturated rings. The van der Waals surface area contributed by atoms with Crippen molar-refractivity contribution < 1.29 is 0 Å². The second-order valence-electron chi connectivity index (χ2n) is 6.28. The molecule has 1 saturated carbocycles. The van der Waals surface area contributed by atoms with Gasteiger partial charge in [-0.15, -0.1) is 0 Å². The summed E-state index contributed by atoms with van der Waals surface area (Å²) in [5.74, 6) is 1.62. The molecule has 1 aromatic rings. The Labute approximate surface area is 111 Å². The molecule has 1 heterocycles. The Morgan fingerprint density at radius 2 is 2.06 bits per heavy atom. The molecule has 18 heavy (non-hydrogen) atoms. The molecule has 2 nitrogen and oxygen atoms in total. The van der Waals surface area contributed by atoms with Crippen molar-refractivity contribution in [2.45, 2.75) is 58.4 Å². The van der Waals surface area contributed by atoms with Gasteiger partial charge in [0.05, 0.1) is 0 Å². The predicted molar refractivity (Wildman–Crippen MR) is 76.3 cm³/mol. The van der Waals surface area contributed by atoms with E-state index in [0.29, 0.717) is 0 Å². The maximum atomic E-state index is 6.65. The van der Waals surface area contributed by atoms with Gasteiger partial charge >= 0.3 is 0 Å². The average molecular weight is 246 g/mol. The molecule has 2 heteroatoms. The number of nitrogens with two attached hydrogens (primary N) is 1. The zero-order valence-corrected chi connectivity index (χ0v) is 11.9. The summed E-state index contributed by atoms with van der Waals surface area (Å²) in [5.41, 5.74) is 8.79. The lowest BCUT2D eigenvalue weighted by atomic mass is 9.83. The second kappa shape index (κ2) is 5.40. The molecule has 0 amide bonds. The van der Waals surface area contributed by atoms with Crippen LogP contribution >= 0.6 is 0 Å². The Hall–Kier alpha value is -0.890. The van der Waals surface area contributed by atoms with E-state index in [1.165, 1.54) is 24.8 Å². The Bertz CT molecular complexity index is 383. The van der Waals surface area contributed by atoms with E-state index >= 15 is 0 Å². The van der Waals surface area contributed by atoms with E-state index in [9.17, 15) is 0 Å². The molecule has 2 atom stereocenters. The molecular weight excluding hydrogens is 220 g/mol.